The number of benzene rings is 1. The Morgan fingerprint density at radius 2 is 1.70 bits per heavy atom. The van der Waals surface area contributed by atoms with Crippen molar-refractivity contribution in [1.29, 1.82) is 0 Å². The zero-order valence-corrected chi connectivity index (χ0v) is 14.5. The first-order valence-electron chi connectivity index (χ1n) is 6.63. The largest absolute Gasteiger partial charge is 0.488 e. The van der Waals surface area contributed by atoms with Crippen molar-refractivity contribution >= 4 is 27.3 Å². The Kier molecular flexibility index (Phi) is 5.24. The average Bonchev–Trinajstić information content (AvgIpc) is 2.83. The number of hydrogen-bond donors (Lipinski definition) is 1. The summed E-state index contributed by atoms with van der Waals surface area (Å²) in [5.74, 6) is 0.899. The monoisotopic (exact) mass is 353 g/mol. The third kappa shape index (κ3) is 5.27. The second-order valence-electron chi connectivity index (χ2n) is 5.71. The van der Waals surface area contributed by atoms with Crippen LogP contribution in [0.15, 0.2) is 40.9 Å². The molecule has 2 aromatic rings. The quantitative estimate of drug-likeness (QED) is 0.818. The molecule has 0 atom stereocenters. The second-order valence-corrected chi connectivity index (χ2v) is 7.88. The number of halogens is 1. The molecule has 108 valence electrons. The molecule has 1 N–H and O–H groups in total. The van der Waals surface area contributed by atoms with E-state index in [1.807, 2.05) is 24.3 Å². The molecule has 0 saturated heterocycles. The summed E-state index contributed by atoms with van der Waals surface area (Å²) in [5.41, 5.74) is 0.151. The van der Waals surface area contributed by atoms with Gasteiger partial charge in [-0.2, -0.15) is 0 Å². The molecule has 1 aromatic heterocycles. The fourth-order valence-corrected chi connectivity index (χ4v) is 2.77. The van der Waals surface area contributed by atoms with Crippen LogP contribution in [0.3, 0.4) is 0 Å². The minimum atomic E-state index is 0.151. The fourth-order valence-electron chi connectivity index (χ4n) is 1.63. The standard InChI is InChI=1S/C16H20BrNOS/c1-16(2,3)18-10-14-8-9-15(20-14)11-19-13-6-4-12(17)5-7-13/h4-9,18H,10-11H2,1-3H3. The van der Waals surface area contributed by atoms with Crippen molar-refractivity contribution in [2.45, 2.75) is 39.5 Å². The van der Waals surface area contributed by atoms with Gasteiger partial charge in [0, 0.05) is 26.3 Å². The van der Waals surface area contributed by atoms with E-state index in [1.165, 1.54) is 9.75 Å². The highest BCUT2D eigenvalue weighted by atomic mass is 79.9. The summed E-state index contributed by atoms with van der Waals surface area (Å²) >= 11 is 5.22. The first kappa shape index (κ1) is 15.5. The number of hydrogen-bond acceptors (Lipinski definition) is 3. The molecule has 0 aliphatic heterocycles. The molecular formula is C16H20BrNOS. The molecule has 0 aliphatic rings. The van der Waals surface area contributed by atoms with E-state index in [0.717, 1.165) is 16.8 Å². The molecule has 1 heterocycles. The summed E-state index contributed by atoms with van der Waals surface area (Å²) in [6.07, 6.45) is 0. The summed E-state index contributed by atoms with van der Waals surface area (Å²) in [5, 5.41) is 3.50. The van der Waals surface area contributed by atoms with E-state index in [0.29, 0.717) is 6.61 Å². The van der Waals surface area contributed by atoms with Gasteiger partial charge in [0.15, 0.2) is 0 Å². The first-order valence-corrected chi connectivity index (χ1v) is 8.24. The van der Waals surface area contributed by atoms with Crippen LogP contribution in [0.4, 0.5) is 0 Å². The Morgan fingerprint density at radius 1 is 1.05 bits per heavy atom. The summed E-state index contributed by atoms with van der Waals surface area (Å²) in [6, 6.07) is 12.2. The molecule has 0 unspecified atom stereocenters. The van der Waals surface area contributed by atoms with Gasteiger partial charge in [0.2, 0.25) is 0 Å². The lowest BCUT2D eigenvalue weighted by atomic mass is 10.1. The molecule has 0 fully saturated rings. The van der Waals surface area contributed by atoms with Crippen molar-refractivity contribution in [1.82, 2.24) is 5.32 Å². The van der Waals surface area contributed by atoms with E-state index in [1.54, 1.807) is 11.3 Å². The van der Waals surface area contributed by atoms with Gasteiger partial charge < -0.3 is 10.1 Å². The first-order chi connectivity index (χ1) is 9.42. The van der Waals surface area contributed by atoms with Crippen molar-refractivity contribution < 1.29 is 4.74 Å². The maximum Gasteiger partial charge on any atom is 0.122 e. The normalized spacial score (nSPS) is 11.6. The van der Waals surface area contributed by atoms with Crippen LogP contribution in [0.1, 0.15) is 30.5 Å². The Bertz CT molecular complexity index is 542. The molecule has 2 rings (SSSR count). The predicted molar refractivity (Wildman–Crippen MR) is 89.4 cm³/mol. The van der Waals surface area contributed by atoms with Crippen LogP contribution in [0, 0.1) is 0 Å². The smallest absolute Gasteiger partial charge is 0.122 e. The Balaban J connectivity index is 1.85. The van der Waals surface area contributed by atoms with E-state index < -0.39 is 0 Å². The maximum atomic E-state index is 5.77. The summed E-state index contributed by atoms with van der Waals surface area (Å²) < 4.78 is 6.84. The third-order valence-corrected chi connectivity index (χ3v) is 4.29. The van der Waals surface area contributed by atoms with Gasteiger partial charge in [0.25, 0.3) is 0 Å². The lowest BCUT2D eigenvalue weighted by Gasteiger charge is -2.19. The minimum absolute atomic E-state index is 0.151. The molecule has 0 radical (unpaired) electrons. The van der Waals surface area contributed by atoms with Crippen LogP contribution in [-0.2, 0) is 13.2 Å². The maximum absolute atomic E-state index is 5.77. The SMILES string of the molecule is CC(C)(C)NCc1ccc(COc2ccc(Br)cc2)s1. The molecule has 0 aliphatic carbocycles. The van der Waals surface area contributed by atoms with Crippen LogP contribution in [0.5, 0.6) is 5.75 Å². The third-order valence-electron chi connectivity index (χ3n) is 2.70. The predicted octanol–water partition coefficient (Wildman–Crippen LogP) is 4.98. The molecular weight excluding hydrogens is 334 g/mol. The van der Waals surface area contributed by atoms with Crippen molar-refractivity contribution in [2.75, 3.05) is 0 Å². The van der Waals surface area contributed by atoms with Crippen molar-refractivity contribution in [3.63, 3.8) is 0 Å². The minimum Gasteiger partial charge on any atom is -0.488 e. The van der Waals surface area contributed by atoms with Crippen molar-refractivity contribution in [3.05, 3.63) is 50.6 Å². The van der Waals surface area contributed by atoms with Gasteiger partial charge in [0.05, 0.1) is 0 Å². The number of ether oxygens (including phenoxy) is 1. The highest BCUT2D eigenvalue weighted by molar-refractivity contribution is 9.10. The van der Waals surface area contributed by atoms with Gasteiger partial charge in [0.1, 0.15) is 12.4 Å². The number of nitrogens with one attached hydrogen (secondary N) is 1. The summed E-state index contributed by atoms with van der Waals surface area (Å²) in [7, 11) is 0. The van der Waals surface area contributed by atoms with Crippen LogP contribution in [0.25, 0.3) is 0 Å². The van der Waals surface area contributed by atoms with E-state index in [4.69, 9.17) is 4.74 Å². The van der Waals surface area contributed by atoms with Gasteiger partial charge in [-0.25, -0.2) is 0 Å². The number of rotatable bonds is 5. The molecule has 0 bridgehead atoms. The number of thiophene rings is 1. The van der Waals surface area contributed by atoms with Gasteiger partial charge in [-0.15, -0.1) is 11.3 Å². The molecule has 4 heteroatoms. The van der Waals surface area contributed by atoms with Crippen molar-refractivity contribution in [2.24, 2.45) is 0 Å². The van der Waals surface area contributed by atoms with E-state index in [-0.39, 0.29) is 5.54 Å². The molecule has 0 amide bonds. The van der Waals surface area contributed by atoms with Gasteiger partial charge in [-0.05, 0) is 57.2 Å². The van der Waals surface area contributed by atoms with Crippen molar-refractivity contribution in [3.8, 4) is 5.75 Å². The Labute approximate surface area is 133 Å². The zero-order chi connectivity index (χ0) is 14.6. The van der Waals surface area contributed by atoms with E-state index in [9.17, 15) is 0 Å². The average molecular weight is 354 g/mol. The highest BCUT2D eigenvalue weighted by Gasteiger charge is 2.09. The van der Waals surface area contributed by atoms with Crippen LogP contribution < -0.4 is 10.1 Å². The topological polar surface area (TPSA) is 21.3 Å². The molecule has 20 heavy (non-hydrogen) atoms. The Morgan fingerprint density at radius 3 is 2.35 bits per heavy atom. The van der Waals surface area contributed by atoms with Gasteiger partial charge in [-0.1, -0.05) is 15.9 Å². The lowest BCUT2D eigenvalue weighted by molar-refractivity contribution is 0.310. The summed E-state index contributed by atoms with van der Waals surface area (Å²) in [4.78, 5) is 2.59. The van der Waals surface area contributed by atoms with Crippen LogP contribution in [0.2, 0.25) is 0 Å². The van der Waals surface area contributed by atoms with Gasteiger partial charge in [-0.3, -0.25) is 0 Å². The van der Waals surface area contributed by atoms with E-state index in [2.05, 4.69) is 54.2 Å². The molecule has 2 nitrogen and oxygen atoms in total. The van der Waals surface area contributed by atoms with E-state index >= 15 is 0 Å². The molecule has 1 aromatic carbocycles. The van der Waals surface area contributed by atoms with Gasteiger partial charge >= 0.3 is 0 Å². The van der Waals surface area contributed by atoms with Crippen LogP contribution >= 0.6 is 27.3 Å². The molecule has 0 spiro atoms. The Hall–Kier alpha value is -0.840. The fraction of sp³-hybridized carbons (Fsp3) is 0.375. The second kappa shape index (κ2) is 6.74. The lowest BCUT2D eigenvalue weighted by Crippen LogP contribution is -2.34. The highest BCUT2D eigenvalue weighted by Crippen LogP contribution is 2.21. The summed E-state index contributed by atoms with van der Waals surface area (Å²) in [6.45, 7) is 8.07. The van der Waals surface area contributed by atoms with Crippen LogP contribution in [-0.4, -0.2) is 5.54 Å². The molecule has 0 saturated carbocycles. The zero-order valence-electron chi connectivity index (χ0n) is 12.1.